The van der Waals surface area contributed by atoms with Crippen LogP contribution in [0.1, 0.15) is 83.0 Å². The van der Waals surface area contributed by atoms with Crippen molar-refractivity contribution in [2.75, 3.05) is 48.8 Å². The van der Waals surface area contributed by atoms with Crippen LogP contribution in [0.2, 0.25) is 0 Å². The van der Waals surface area contributed by atoms with E-state index in [1.54, 1.807) is 30.6 Å². The molecule has 0 aliphatic carbocycles. The normalized spacial score (nSPS) is 17.3. The number of carbonyl (C=O) groups is 5. The molecule has 2 saturated heterocycles. The van der Waals surface area contributed by atoms with Gasteiger partial charge >= 0.3 is 6.09 Å². The first-order valence-corrected chi connectivity index (χ1v) is 22.2. The minimum absolute atomic E-state index is 0.0397. The van der Waals surface area contributed by atoms with Gasteiger partial charge in [0.2, 0.25) is 23.6 Å². The number of amides is 5. The van der Waals surface area contributed by atoms with E-state index >= 15 is 0 Å². The van der Waals surface area contributed by atoms with Crippen molar-refractivity contribution in [1.29, 1.82) is 0 Å². The standard InChI is InChI=1S/C50H63N7O6/c1-7-54(8-2)44(38-17-11-9-12-18-38)47(60)56-31-15-21-42(56)45(58)51-39-27-23-36(24-28-39)33-55(41-19-13-10-14-20-41)34-37-25-29-40(30-26-37)52-46(59)43-22-16-32-57(43)48(61)50(4,5)35(3)53(6)49(62)63/h9-14,17-20,23-30,35,42-44H,7-8,15-16,21-22,31-34H2,1-6H3,(H,51,58)(H,52,59)(H,62,63)/t35-,42-,43-,44+/m0/s1. The van der Waals surface area contributed by atoms with Crippen LogP contribution in [0.25, 0.3) is 0 Å². The van der Waals surface area contributed by atoms with Crippen LogP contribution in [0.3, 0.4) is 0 Å². The molecule has 2 fully saturated rings. The maximum atomic E-state index is 14.1. The quantitative estimate of drug-likeness (QED) is 0.0974. The van der Waals surface area contributed by atoms with Crippen LogP contribution in [-0.2, 0) is 32.3 Å². The van der Waals surface area contributed by atoms with Crippen molar-refractivity contribution in [3.8, 4) is 0 Å². The molecule has 0 bridgehead atoms. The highest BCUT2D eigenvalue weighted by molar-refractivity contribution is 5.99. The Morgan fingerprint density at radius 3 is 1.63 bits per heavy atom. The fourth-order valence-electron chi connectivity index (χ4n) is 8.83. The predicted molar refractivity (Wildman–Crippen MR) is 247 cm³/mol. The largest absolute Gasteiger partial charge is 0.465 e. The van der Waals surface area contributed by atoms with Gasteiger partial charge in [-0.25, -0.2) is 4.79 Å². The molecule has 4 aromatic carbocycles. The maximum Gasteiger partial charge on any atom is 0.407 e. The van der Waals surface area contributed by atoms with E-state index < -0.39 is 35.7 Å². The number of carbonyl (C=O) groups excluding carboxylic acids is 4. The van der Waals surface area contributed by atoms with Gasteiger partial charge in [0.1, 0.15) is 18.1 Å². The van der Waals surface area contributed by atoms with E-state index in [1.165, 1.54) is 7.05 Å². The van der Waals surface area contributed by atoms with Crippen molar-refractivity contribution >= 4 is 46.8 Å². The van der Waals surface area contributed by atoms with Crippen molar-refractivity contribution in [2.24, 2.45) is 5.41 Å². The van der Waals surface area contributed by atoms with Gasteiger partial charge in [0.15, 0.2) is 0 Å². The smallest absolute Gasteiger partial charge is 0.407 e. The predicted octanol–water partition coefficient (Wildman–Crippen LogP) is 7.86. The molecule has 0 saturated carbocycles. The third kappa shape index (κ3) is 10.9. The number of rotatable bonds is 17. The maximum absolute atomic E-state index is 14.1. The topological polar surface area (TPSA) is 146 Å². The molecule has 2 aliphatic rings. The molecule has 2 heterocycles. The minimum Gasteiger partial charge on any atom is -0.465 e. The highest BCUT2D eigenvalue weighted by atomic mass is 16.4. The SMILES string of the molecule is CCN(CC)[C@@H](C(=O)N1CCC[C@H]1C(=O)Nc1ccc(CN(Cc2ccc(NC(=O)[C@@H]3CCCN3C(=O)C(C)(C)[C@H](C)N(C)C(=O)O)cc2)c2ccccc2)cc1)c1ccccc1. The Morgan fingerprint density at radius 1 is 0.698 bits per heavy atom. The summed E-state index contributed by atoms with van der Waals surface area (Å²) in [5, 5.41) is 15.6. The second-order valence-electron chi connectivity index (χ2n) is 17.2. The summed E-state index contributed by atoms with van der Waals surface area (Å²) in [4.78, 5) is 75.7. The Morgan fingerprint density at radius 2 is 1.16 bits per heavy atom. The zero-order valence-electron chi connectivity index (χ0n) is 37.5. The number of likely N-dealkylation sites (tertiary alicyclic amines) is 2. The van der Waals surface area contributed by atoms with Gasteiger partial charge in [-0.3, -0.25) is 24.1 Å². The van der Waals surface area contributed by atoms with E-state index in [0.717, 1.165) is 46.8 Å². The molecule has 0 unspecified atom stereocenters. The number of anilines is 3. The number of carboxylic acid groups (broad SMARTS) is 1. The molecule has 4 aromatic rings. The summed E-state index contributed by atoms with van der Waals surface area (Å²) >= 11 is 0. The number of hydrogen-bond donors (Lipinski definition) is 3. The molecule has 4 atom stereocenters. The molecule has 5 amide bonds. The van der Waals surface area contributed by atoms with E-state index in [0.29, 0.717) is 56.8 Å². The van der Waals surface area contributed by atoms with Crippen molar-refractivity contribution in [2.45, 2.75) is 97.6 Å². The molecule has 13 heteroatoms. The lowest BCUT2D eigenvalue weighted by Gasteiger charge is -2.39. The van der Waals surface area contributed by atoms with E-state index in [-0.39, 0.29) is 23.6 Å². The molecular formula is C50H63N7O6. The second kappa shape index (κ2) is 20.8. The molecule has 2 aliphatic heterocycles. The number of nitrogens with zero attached hydrogens (tertiary/aromatic N) is 5. The monoisotopic (exact) mass is 857 g/mol. The van der Waals surface area contributed by atoms with Crippen LogP contribution in [0.4, 0.5) is 21.9 Å². The van der Waals surface area contributed by atoms with Crippen LogP contribution in [0.5, 0.6) is 0 Å². The van der Waals surface area contributed by atoms with Gasteiger partial charge in [0, 0.05) is 56.3 Å². The summed E-state index contributed by atoms with van der Waals surface area (Å²) < 4.78 is 0. The Labute approximate surface area is 372 Å². The van der Waals surface area contributed by atoms with Gasteiger partial charge in [-0.05, 0) is 113 Å². The molecule has 6 rings (SSSR count). The average Bonchev–Trinajstić information content (AvgIpc) is 4.00. The van der Waals surface area contributed by atoms with Crippen molar-refractivity contribution in [3.63, 3.8) is 0 Å². The average molecular weight is 858 g/mol. The number of likely N-dealkylation sites (N-methyl/N-ethyl adjacent to an activating group) is 1. The van der Waals surface area contributed by atoms with Crippen molar-refractivity contribution in [3.05, 3.63) is 126 Å². The summed E-state index contributed by atoms with van der Waals surface area (Å²) in [6, 6.07) is 33.2. The molecule has 0 aromatic heterocycles. The Bertz CT molecular complexity index is 2180. The van der Waals surface area contributed by atoms with Gasteiger partial charge in [-0.1, -0.05) is 86.6 Å². The van der Waals surface area contributed by atoms with Crippen LogP contribution in [-0.4, -0.2) is 106 Å². The van der Waals surface area contributed by atoms with Gasteiger partial charge in [-0.2, -0.15) is 0 Å². The zero-order chi connectivity index (χ0) is 45.3. The van der Waals surface area contributed by atoms with E-state index in [1.807, 2.05) is 97.1 Å². The highest BCUT2D eigenvalue weighted by Gasteiger charge is 2.45. The zero-order valence-corrected chi connectivity index (χ0v) is 37.5. The molecule has 3 N–H and O–H groups in total. The van der Waals surface area contributed by atoms with Gasteiger partial charge in [0.05, 0.1) is 5.41 Å². The van der Waals surface area contributed by atoms with Gasteiger partial charge < -0.3 is 35.3 Å². The number of hydrogen-bond acceptors (Lipinski definition) is 7. The van der Waals surface area contributed by atoms with Crippen LogP contribution >= 0.6 is 0 Å². The summed E-state index contributed by atoms with van der Waals surface area (Å²) in [7, 11) is 1.45. The van der Waals surface area contributed by atoms with Crippen LogP contribution in [0.15, 0.2) is 109 Å². The van der Waals surface area contributed by atoms with Crippen LogP contribution in [0, 0.1) is 5.41 Å². The minimum atomic E-state index is -1.11. The lowest BCUT2D eigenvalue weighted by Crippen LogP contribution is -2.55. The summed E-state index contributed by atoms with van der Waals surface area (Å²) in [5.74, 6) is -0.736. The molecule has 0 radical (unpaired) electrons. The fraction of sp³-hybridized carbons (Fsp3) is 0.420. The number of para-hydroxylation sites is 1. The number of benzene rings is 4. The Hall–Kier alpha value is -6.21. The second-order valence-corrected chi connectivity index (χ2v) is 17.2. The molecular weight excluding hydrogens is 795 g/mol. The molecule has 334 valence electrons. The van der Waals surface area contributed by atoms with Crippen LogP contribution < -0.4 is 15.5 Å². The number of nitrogens with one attached hydrogen (secondary N) is 2. The third-order valence-corrected chi connectivity index (χ3v) is 13.0. The first kappa shape index (κ1) is 46.3. The van der Waals surface area contributed by atoms with E-state index in [2.05, 4.69) is 46.4 Å². The third-order valence-electron chi connectivity index (χ3n) is 13.0. The summed E-state index contributed by atoms with van der Waals surface area (Å²) in [6.07, 6.45) is 1.48. The van der Waals surface area contributed by atoms with Crippen molar-refractivity contribution in [1.82, 2.24) is 19.6 Å². The highest BCUT2D eigenvalue weighted by Crippen LogP contribution is 2.33. The Kier molecular flexibility index (Phi) is 15.3. The van der Waals surface area contributed by atoms with Gasteiger partial charge in [0.25, 0.3) is 0 Å². The lowest BCUT2D eigenvalue weighted by atomic mass is 9.82. The van der Waals surface area contributed by atoms with Crippen molar-refractivity contribution < 1.29 is 29.1 Å². The lowest BCUT2D eigenvalue weighted by molar-refractivity contribution is -0.146. The first-order valence-electron chi connectivity index (χ1n) is 22.2. The summed E-state index contributed by atoms with van der Waals surface area (Å²) in [6.45, 7) is 12.9. The van der Waals surface area contributed by atoms with E-state index in [4.69, 9.17) is 0 Å². The molecule has 63 heavy (non-hydrogen) atoms. The summed E-state index contributed by atoms with van der Waals surface area (Å²) in [5.41, 5.74) is 4.31. The Balaban J connectivity index is 1.08. The fourth-order valence-corrected chi connectivity index (χ4v) is 8.83. The first-order chi connectivity index (χ1) is 30.2. The molecule has 13 nitrogen and oxygen atoms in total. The van der Waals surface area contributed by atoms with Gasteiger partial charge in [-0.15, -0.1) is 0 Å². The molecule has 0 spiro atoms. The van der Waals surface area contributed by atoms with E-state index in [9.17, 15) is 29.1 Å².